The van der Waals surface area contributed by atoms with Gasteiger partial charge in [-0.2, -0.15) is 0 Å². The molecule has 1 amide bonds. The zero-order valence-electron chi connectivity index (χ0n) is 16.0. The van der Waals surface area contributed by atoms with Crippen molar-refractivity contribution in [3.63, 3.8) is 0 Å². The fourth-order valence-corrected chi connectivity index (χ4v) is 5.62. The van der Waals surface area contributed by atoms with Gasteiger partial charge < -0.3 is 5.32 Å². The van der Waals surface area contributed by atoms with Crippen LogP contribution in [0.25, 0.3) is 0 Å². The molecule has 1 aliphatic rings. The molecule has 0 bridgehead atoms. The number of sulfonamides is 1. The summed E-state index contributed by atoms with van der Waals surface area (Å²) in [5, 5.41) is 3.66. The van der Waals surface area contributed by atoms with Crippen LogP contribution in [0.5, 0.6) is 0 Å². The minimum absolute atomic E-state index is 0.0835. The summed E-state index contributed by atoms with van der Waals surface area (Å²) in [6.07, 6.45) is 2.58. The van der Waals surface area contributed by atoms with Gasteiger partial charge in [0.15, 0.2) is 0 Å². The summed E-state index contributed by atoms with van der Waals surface area (Å²) < 4.78 is 27.0. The molecule has 5 nitrogen and oxygen atoms in total. The lowest BCUT2D eigenvalue weighted by atomic mass is 9.99. The summed E-state index contributed by atoms with van der Waals surface area (Å²) in [5.41, 5.74) is 1.63. The quantitative estimate of drug-likeness (QED) is 0.663. The van der Waals surface area contributed by atoms with Gasteiger partial charge in [0.05, 0.1) is 11.7 Å². The van der Waals surface area contributed by atoms with E-state index in [4.69, 9.17) is 23.2 Å². The molecule has 0 radical (unpaired) electrons. The van der Waals surface area contributed by atoms with Crippen LogP contribution in [0.1, 0.15) is 24.8 Å². The monoisotopic (exact) mass is 454 g/mol. The third-order valence-corrected chi connectivity index (χ3v) is 7.35. The van der Waals surface area contributed by atoms with Crippen molar-refractivity contribution in [3.05, 3.63) is 64.1 Å². The van der Waals surface area contributed by atoms with Crippen molar-refractivity contribution in [2.24, 2.45) is 5.92 Å². The number of hydrogen-bond donors (Lipinski definition) is 1. The minimum atomic E-state index is -3.40. The van der Waals surface area contributed by atoms with Gasteiger partial charge in [0.25, 0.3) is 0 Å². The number of aryl methyl sites for hydroxylation is 1. The first-order chi connectivity index (χ1) is 13.8. The zero-order valence-corrected chi connectivity index (χ0v) is 18.3. The van der Waals surface area contributed by atoms with Crippen molar-refractivity contribution in [1.82, 2.24) is 4.31 Å². The van der Waals surface area contributed by atoms with Crippen LogP contribution < -0.4 is 5.32 Å². The van der Waals surface area contributed by atoms with Crippen LogP contribution in [0.3, 0.4) is 0 Å². The van der Waals surface area contributed by atoms with Crippen LogP contribution in [0, 0.1) is 5.92 Å². The van der Waals surface area contributed by atoms with E-state index < -0.39 is 15.9 Å². The predicted molar refractivity (Wildman–Crippen MR) is 118 cm³/mol. The van der Waals surface area contributed by atoms with E-state index in [9.17, 15) is 13.2 Å². The smallest absolute Gasteiger partial charge is 0.228 e. The maximum Gasteiger partial charge on any atom is 0.228 e. The van der Waals surface area contributed by atoms with Crippen LogP contribution in [0.2, 0.25) is 10.0 Å². The van der Waals surface area contributed by atoms with Crippen molar-refractivity contribution in [2.75, 3.05) is 24.2 Å². The summed E-state index contributed by atoms with van der Waals surface area (Å²) in [4.78, 5) is 12.6. The molecule has 0 aliphatic carbocycles. The molecule has 0 saturated carbocycles. The molecule has 29 heavy (non-hydrogen) atoms. The Bertz CT molecular complexity index is 931. The van der Waals surface area contributed by atoms with Gasteiger partial charge in [0.1, 0.15) is 0 Å². The van der Waals surface area contributed by atoms with Crippen LogP contribution in [0.4, 0.5) is 5.69 Å². The molecule has 156 valence electrons. The fourth-order valence-electron chi connectivity index (χ4n) is 3.51. The van der Waals surface area contributed by atoms with Gasteiger partial charge in [0.2, 0.25) is 15.9 Å². The maximum atomic E-state index is 12.8. The Morgan fingerprint density at radius 2 is 1.79 bits per heavy atom. The van der Waals surface area contributed by atoms with E-state index in [1.54, 1.807) is 18.2 Å². The molecular weight excluding hydrogens is 431 g/mol. The Morgan fingerprint density at radius 3 is 2.48 bits per heavy atom. The average Bonchev–Trinajstić information content (AvgIpc) is 2.68. The second kappa shape index (κ2) is 9.94. The summed E-state index contributed by atoms with van der Waals surface area (Å²) in [6.45, 7) is 0.661. The highest BCUT2D eigenvalue weighted by molar-refractivity contribution is 7.89. The number of nitrogens with zero attached hydrogens (tertiary/aromatic N) is 1. The predicted octanol–water partition coefficient (Wildman–Crippen LogP) is 4.61. The number of anilines is 1. The van der Waals surface area contributed by atoms with Gasteiger partial charge in [0, 0.05) is 28.8 Å². The highest BCUT2D eigenvalue weighted by atomic mass is 35.5. The van der Waals surface area contributed by atoms with Gasteiger partial charge in [-0.05, 0) is 49.4 Å². The van der Waals surface area contributed by atoms with Crippen molar-refractivity contribution in [1.29, 1.82) is 0 Å². The third kappa shape index (κ3) is 6.44. The van der Waals surface area contributed by atoms with Crippen LogP contribution >= 0.6 is 23.2 Å². The summed E-state index contributed by atoms with van der Waals surface area (Å²) in [6, 6.07) is 14.7. The first-order valence-corrected chi connectivity index (χ1v) is 12.0. The summed E-state index contributed by atoms with van der Waals surface area (Å²) in [5.74, 6) is -0.530. The lowest BCUT2D eigenvalue weighted by molar-refractivity contribution is -0.120. The van der Waals surface area contributed by atoms with E-state index in [1.807, 2.05) is 30.3 Å². The molecule has 1 saturated heterocycles. The Labute approximate surface area is 182 Å². The molecule has 1 atom stereocenters. The Morgan fingerprint density at radius 1 is 1.10 bits per heavy atom. The van der Waals surface area contributed by atoms with Crippen LogP contribution in [0.15, 0.2) is 48.5 Å². The molecule has 3 rings (SSSR count). The van der Waals surface area contributed by atoms with E-state index in [2.05, 4.69) is 5.32 Å². The van der Waals surface area contributed by atoms with E-state index in [0.717, 1.165) is 5.56 Å². The van der Waals surface area contributed by atoms with E-state index in [1.165, 1.54) is 4.31 Å². The molecule has 0 aromatic heterocycles. The molecular formula is C21H24Cl2N2O3S. The highest BCUT2D eigenvalue weighted by Gasteiger charge is 2.32. The Hall–Kier alpha value is -1.60. The summed E-state index contributed by atoms with van der Waals surface area (Å²) in [7, 11) is -3.40. The third-order valence-electron chi connectivity index (χ3n) is 4.99. The molecule has 2 aromatic rings. The number of benzene rings is 2. The second-order valence-electron chi connectivity index (χ2n) is 7.25. The number of nitrogens with one attached hydrogen (secondary N) is 1. The molecule has 8 heteroatoms. The number of carbonyl (C=O) groups excluding carboxylic acids is 1. The number of halogens is 2. The number of piperidine rings is 1. The SMILES string of the molecule is O=C(Nc1cc(Cl)cc(Cl)c1)C1CCCN(S(=O)(=O)CCCc2ccccc2)C1. The normalized spacial score (nSPS) is 17.8. The lowest BCUT2D eigenvalue weighted by Crippen LogP contribution is -2.44. The van der Waals surface area contributed by atoms with Crippen LogP contribution in [-0.2, 0) is 21.2 Å². The number of hydrogen-bond acceptors (Lipinski definition) is 3. The van der Waals surface area contributed by atoms with Gasteiger partial charge >= 0.3 is 0 Å². The molecule has 2 aromatic carbocycles. The fraction of sp³-hybridized carbons (Fsp3) is 0.381. The minimum Gasteiger partial charge on any atom is -0.326 e. The molecule has 0 spiro atoms. The van der Waals surface area contributed by atoms with Gasteiger partial charge in [-0.3, -0.25) is 4.79 Å². The molecule has 1 N–H and O–H groups in total. The Balaban J connectivity index is 1.56. The molecule has 1 aliphatic heterocycles. The number of carbonyl (C=O) groups is 1. The lowest BCUT2D eigenvalue weighted by Gasteiger charge is -2.31. The van der Waals surface area contributed by atoms with E-state index in [-0.39, 0.29) is 18.2 Å². The van der Waals surface area contributed by atoms with Crippen LogP contribution in [-0.4, -0.2) is 37.5 Å². The number of rotatable bonds is 7. The highest BCUT2D eigenvalue weighted by Crippen LogP contribution is 2.25. The molecule has 1 fully saturated rings. The second-order valence-corrected chi connectivity index (χ2v) is 10.2. The van der Waals surface area contributed by atoms with Crippen molar-refractivity contribution in [2.45, 2.75) is 25.7 Å². The largest absolute Gasteiger partial charge is 0.326 e. The standard InChI is InChI=1S/C21H24Cl2N2O3S/c22-18-12-19(23)14-20(13-18)24-21(26)17-9-4-10-25(15-17)29(27,28)11-5-8-16-6-2-1-3-7-16/h1-3,6-7,12-14,17H,4-5,8-11,15H2,(H,24,26). The van der Waals surface area contributed by atoms with Gasteiger partial charge in [-0.15, -0.1) is 0 Å². The molecule has 1 heterocycles. The number of amides is 1. The maximum absolute atomic E-state index is 12.8. The first kappa shape index (κ1) is 22.1. The first-order valence-electron chi connectivity index (χ1n) is 9.62. The van der Waals surface area contributed by atoms with Crippen molar-refractivity contribution in [3.8, 4) is 0 Å². The van der Waals surface area contributed by atoms with Crippen molar-refractivity contribution < 1.29 is 13.2 Å². The van der Waals surface area contributed by atoms with E-state index >= 15 is 0 Å². The Kier molecular flexibility index (Phi) is 7.57. The van der Waals surface area contributed by atoms with Gasteiger partial charge in [-0.1, -0.05) is 53.5 Å². The van der Waals surface area contributed by atoms with Crippen molar-refractivity contribution >= 4 is 44.8 Å². The molecule has 1 unspecified atom stereocenters. The van der Waals surface area contributed by atoms with Gasteiger partial charge in [-0.25, -0.2) is 12.7 Å². The zero-order chi connectivity index (χ0) is 20.9. The van der Waals surface area contributed by atoms with E-state index in [0.29, 0.717) is 48.0 Å². The topological polar surface area (TPSA) is 66.5 Å². The summed E-state index contributed by atoms with van der Waals surface area (Å²) >= 11 is 11.9. The average molecular weight is 455 g/mol.